The first-order valence-electron chi connectivity index (χ1n) is 13.5. The Kier molecular flexibility index (Phi) is 13.4. The molecule has 1 heterocycles. The number of primary amides is 1. The van der Waals surface area contributed by atoms with Crippen molar-refractivity contribution in [3.8, 4) is 5.75 Å². The quantitative estimate of drug-likeness (QED) is 0.152. The minimum Gasteiger partial charge on any atom is -0.508 e. The number of hydrogen-bond acceptors (Lipinski definition) is 10. The van der Waals surface area contributed by atoms with Crippen molar-refractivity contribution in [1.82, 2.24) is 26.6 Å². The number of nitrogens with two attached hydrogens (primary N) is 1. The van der Waals surface area contributed by atoms with E-state index < -0.39 is 83.8 Å². The molecule has 16 heteroatoms. The molecule has 0 saturated carbocycles. The summed E-state index contributed by atoms with van der Waals surface area (Å²) in [7, 11) is 0. The van der Waals surface area contributed by atoms with Crippen molar-refractivity contribution in [3.05, 3.63) is 29.8 Å². The van der Waals surface area contributed by atoms with Crippen molar-refractivity contribution in [2.75, 3.05) is 12.4 Å². The number of phenolic OH excluding ortho intramolecular Hbond substituents is 1. The summed E-state index contributed by atoms with van der Waals surface area (Å²) in [4.78, 5) is 89.6. The van der Waals surface area contributed by atoms with Crippen LogP contribution in [0.1, 0.15) is 39.2 Å². The lowest BCUT2D eigenvalue weighted by Gasteiger charge is -2.28. The molecule has 1 aliphatic rings. The van der Waals surface area contributed by atoms with E-state index in [4.69, 9.17) is 5.73 Å². The third-order valence-corrected chi connectivity index (χ3v) is 7.33. The molecule has 1 saturated heterocycles. The first kappa shape index (κ1) is 35.0. The highest BCUT2D eigenvalue weighted by Crippen LogP contribution is 2.17. The lowest BCUT2D eigenvalue weighted by atomic mass is 10.0. The second-order valence-electron chi connectivity index (χ2n) is 10.5. The summed E-state index contributed by atoms with van der Waals surface area (Å²) < 4.78 is 0. The van der Waals surface area contributed by atoms with E-state index >= 15 is 0 Å². The largest absolute Gasteiger partial charge is 0.508 e. The topological polar surface area (TPSA) is 246 Å². The average molecular weight is 623 g/mol. The fourth-order valence-corrected chi connectivity index (χ4v) is 5.07. The van der Waals surface area contributed by atoms with Gasteiger partial charge in [-0.15, -0.1) is 0 Å². The fourth-order valence-electron chi connectivity index (χ4n) is 4.15. The van der Waals surface area contributed by atoms with Crippen LogP contribution in [0.4, 0.5) is 0 Å². The first-order valence-corrected chi connectivity index (χ1v) is 14.5. The van der Waals surface area contributed by atoms with Gasteiger partial charge in [0, 0.05) is 19.1 Å². The maximum atomic E-state index is 13.5. The summed E-state index contributed by atoms with van der Waals surface area (Å²) in [6.45, 7) is 3.90. The molecule has 1 aliphatic heterocycles. The number of amides is 6. The van der Waals surface area contributed by atoms with E-state index in [0.717, 1.165) is 6.92 Å². The van der Waals surface area contributed by atoms with Crippen LogP contribution in [0.25, 0.3) is 0 Å². The van der Waals surface area contributed by atoms with Gasteiger partial charge in [0.1, 0.15) is 29.9 Å². The molecule has 0 radical (unpaired) electrons. The summed E-state index contributed by atoms with van der Waals surface area (Å²) >= 11 is 0.684. The molecule has 1 aromatic rings. The van der Waals surface area contributed by atoms with Gasteiger partial charge in [0.25, 0.3) is 0 Å². The second-order valence-corrected chi connectivity index (χ2v) is 11.5. The van der Waals surface area contributed by atoms with Crippen molar-refractivity contribution < 1.29 is 43.8 Å². The van der Waals surface area contributed by atoms with Crippen molar-refractivity contribution in [2.24, 2.45) is 11.7 Å². The molecule has 43 heavy (non-hydrogen) atoms. The van der Waals surface area contributed by atoms with Gasteiger partial charge in [0.05, 0.1) is 19.1 Å². The van der Waals surface area contributed by atoms with Gasteiger partial charge in [-0.25, -0.2) is 0 Å². The smallest absolute Gasteiger partial charge is 0.245 e. The third kappa shape index (κ3) is 11.5. The molecular weight excluding hydrogens is 584 g/mol. The Balaban J connectivity index is 2.54. The van der Waals surface area contributed by atoms with Crippen LogP contribution in [0.3, 0.4) is 0 Å². The lowest BCUT2D eigenvalue weighted by molar-refractivity contribution is -0.136. The van der Waals surface area contributed by atoms with E-state index in [0.29, 0.717) is 17.3 Å². The highest BCUT2D eigenvalue weighted by atomic mass is 32.2. The molecule has 0 aromatic heterocycles. The first-order chi connectivity index (χ1) is 20.2. The van der Waals surface area contributed by atoms with Gasteiger partial charge in [-0.05, 0) is 30.0 Å². The average Bonchev–Trinajstić information content (AvgIpc) is 2.92. The van der Waals surface area contributed by atoms with Crippen molar-refractivity contribution in [2.45, 2.75) is 70.2 Å². The number of benzene rings is 1. The standard InChI is InChI=1S/C27H38N6O9S/c1-13(2)8-19-27(42)43-12-21(29-14(3)35)26(41)33-20(11-34)25(40)31-18(10-22(28)37)24(39)30-17(23(38)32-19)9-15-4-6-16(36)7-5-15/h4-7,13,17-21,34,36H,8-12H2,1-3H3,(H2,28,37)(H,29,35)(H,30,39)(H,31,40)(H,32,38)(H,33,41)/t17-,18-,19-,20-,21-/m0/s1. The van der Waals surface area contributed by atoms with E-state index in [9.17, 15) is 43.8 Å². The number of aliphatic hydroxyl groups is 1. The van der Waals surface area contributed by atoms with E-state index in [1.165, 1.54) is 24.3 Å². The molecule has 2 rings (SSSR count). The zero-order valence-electron chi connectivity index (χ0n) is 24.0. The van der Waals surface area contributed by atoms with Crippen LogP contribution in [-0.2, 0) is 40.0 Å². The third-order valence-electron chi connectivity index (χ3n) is 6.26. The molecule has 0 bridgehead atoms. The maximum Gasteiger partial charge on any atom is 0.245 e. The number of carbonyl (C=O) groups excluding carboxylic acids is 7. The van der Waals surface area contributed by atoms with Gasteiger partial charge >= 0.3 is 0 Å². The summed E-state index contributed by atoms with van der Waals surface area (Å²) in [5, 5.41) is 31.0. The molecule has 1 fully saturated rings. The van der Waals surface area contributed by atoms with Crippen molar-refractivity contribution in [3.63, 3.8) is 0 Å². The molecule has 0 unspecified atom stereocenters. The Bertz CT molecular complexity index is 1210. The summed E-state index contributed by atoms with van der Waals surface area (Å²) in [6, 6.07) is -1.03. The predicted octanol–water partition coefficient (Wildman–Crippen LogP) is -2.43. The monoisotopic (exact) mass is 622 g/mol. The Morgan fingerprint density at radius 3 is 2.00 bits per heavy atom. The highest BCUT2D eigenvalue weighted by Gasteiger charge is 2.34. The number of nitrogens with one attached hydrogen (secondary N) is 5. The number of hydrogen-bond donors (Lipinski definition) is 8. The molecule has 5 atom stereocenters. The second kappa shape index (κ2) is 16.5. The number of rotatable bonds is 8. The zero-order valence-corrected chi connectivity index (χ0v) is 24.9. The summed E-state index contributed by atoms with van der Waals surface area (Å²) in [6.07, 6.45) is -0.566. The molecule has 9 N–H and O–H groups in total. The van der Waals surface area contributed by atoms with Crippen molar-refractivity contribution in [1.29, 1.82) is 0 Å². The molecule has 1 aromatic carbocycles. The van der Waals surface area contributed by atoms with Gasteiger partial charge in [-0.2, -0.15) is 0 Å². The van der Waals surface area contributed by atoms with Crippen molar-refractivity contribution >= 4 is 52.3 Å². The van der Waals surface area contributed by atoms with E-state index in [1.807, 2.05) is 13.8 Å². The van der Waals surface area contributed by atoms with E-state index in [1.54, 1.807) is 0 Å². The van der Waals surface area contributed by atoms with Crippen LogP contribution < -0.4 is 32.3 Å². The summed E-state index contributed by atoms with van der Waals surface area (Å²) in [5.74, 6) is -5.58. The molecule has 15 nitrogen and oxygen atoms in total. The van der Waals surface area contributed by atoms with Crippen LogP contribution in [0.15, 0.2) is 24.3 Å². The Labute approximate surface area is 252 Å². The van der Waals surface area contributed by atoms with Gasteiger partial charge in [0.15, 0.2) is 0 Å². The number of thioether (sulfide) groups is 1. The number of carbonyl (C=O) groups is 7. The van der Waals surface area contributed by atoms with Crippen LogP contribution in [0.2, 0.25) is 0 Å². The van der Waals surface area contributed by atoms with Crippen LogP contribution in [0, 0.1) is 5.92 Å². The predicted molar refractivity (Wildman–Crippen MR) is 155 cm³/mol. The fraction of sp³-hybridized carbons (Fsp3) is 0.519. The Morgan fingerprint density at radius 1 is 0.907 bits per heavy atom. The minimum atomic E-state index is -1.61. The van der Waals surface area contributed by atoms with Gasteiger partial charge in [-0.1, -0.05) is 37.7 Å². The van der Waals surface area contributed by atoms with Gasteiger partial charge < -0.3 is 42.5 Å². The number of phenols is 1. The van der Waals surface area contributed by atoms with Gasteiger partial charge in [-0.3, -0.25) is 33.6 Å². The molecular formula is C27H38N6O9S. The van der Waals surface area contributed by atoms with Crippen LogP contribution in [0.5, 0.6) is 5.75 Å². The van der Waals surface area contributed by atoms with Crippen LogP contribution in [-0.4, -0.2) is 93.3 Å². The van der Waals surface area contributed by atoms with E-state index in [2.05, 4.69) is 26.6 Å². The maximum absolute atomic E-state index is 13.5. The molecule has 0 aliphatic carbocycles. The van der Waals surface area contributed by atoms with Crippen LogP contribution >= 0.6 is 11.8 Å². The Hall–Kier alpha value is -4.18. The lowest BCUT2D eigenvalue weighted by Crippen LogP contribution is -2.60. The summed E-state index contributed by atoms with van der Waals surface area (Å²) in [5.41, 5.74) is 5.82. The molecule has 236 valence electrons. The Morgan fingerprint density at radius 2 is 1.44 bits per heavy atom. The number of aromatic hydroxyl groups is 1. The minimum absolute atomic E-state index is 0.0258. The molecule has 0 spiro atoms. The number of aliphatic hydroxyl groups excluding tert-OH is 1. The van der Waals surface area contributed by atoms with Gasteiger partial charge in [0.2, 0.25) is 40.6 Å². The van der Waals surface area contributed by atoms with E-state index in [-0.39, 0.29) is 30.3 Å². The zero-order chi connectivity index (χ0) is 32.3. The SMILES string of the molecule is CC(=O)N[C@H]1CSC(=O)[C@H](CC(C)C)NC(=O)[C@H](Cc2ccc(O)cc2)NC(=O)[C@H](CC(N)=O)NC(=O)[C@H](CO)NC1=O. The normalized spacial score (nSPS) is 24.4. The molecule has 6 amide bonds. The highest BCUT2D eigenvalue weighted by molar-refractivity contribution is 8.13.